The van der Waals surface area contributed by atoms with Gasteiger partial charge in [0, 0.05) is 21.9 Å². The number of para-hydroxylation sites is 1. The monoisotopic (exact) mass is 741 g/mol. The molecule has 0 fully saturated rings. The van der Waals surface area contributed by atoms with Crippen molar-refractivity contribution in [1.82, 2.24) is 14.8 Å². The van der Waals surface area contributed by atoms with E-state index in [1.165, 1.54) is 24.3 Å². The number of nitrogens with zero attached hydrogens (tertiary/aromatic N) is 3. The average molecular weight is 742 g/mol. The van der Waals surface area contributed by atoms with Crippen molar-refractivity contribution in [2.45, 2.75) is 32.3 Å². The Hall–Kier alpha value is -6.37. The van der Waals surface area contributed by atoms with Crippen molar-refractivity contribution >= 4 is 27.8 Å². The van der Waals surface area contributed by atoms with Gasteiger partial charge in [-0.1, -0.05) is 61.5 Å². The second-order valence-electron chi connectivity index (χ2n) is 12.4. The molecule has 7 rings (SSSR count). The highest BCUT2D eigenvalue weighted by Gasteiger charge is 2.40. The maximum Gasteiger partial charge on any atom is 0.434 e. The highest BCUT2D eigenvalue weighted by atomic mass is 19.4. The molecule has 0 saturated carbocycles. The lowest BCUT2D eigenvalue weighted by atomic mass is 10.0. The molecule has 2 aromatic heterocycles. The van der Waals surface area contributed by atoms with Crippen LogP contribution in [0.5, 0.6) is 11.5 Å². The molecule has 13 heteroatoms. The zero-order valence-corrected chi connectivity index (χ0v) is 28.4. The number of ether oxygens (including phenoxy) is 2. The molecular formula is C41H29F6N3O4. The van der Waals surface area contributed by atoms with Crippen molar-refractivity contribution in [3.8, 4) is 39.4 Å². The fourth-order valence-electron chi connectivity index (χ4n) is 6.13. The third-order valence-corrected chi connectivity index (χ3v) is 8.76. The summed E-state index contributed by atoms with van der Waals surface area (Å²) in [6.45, 7) is 2.54. The molecule has 0 amide bonds. The molecule has 0 atom stereocenters. The highest BCUT2D eigenvalue weighted by molar-refractivity contribution is 5.96. The van der Waals surface area contributed by atoms with Crippen molar-refractivity contribution in [2.24, 2.45) is 0 Å². The van der Waals surface area contributed by atoms with Gasteiger partial charge in [-0.2, -0.15) is 31.4 Å². The van der Waals surface area contributed by atoms with Crippen LogP contribution in [0.25, 0.3) is 49.7 Å². The van der Waals surface area contributed by atoms with Gasteiger partial charge in [0.25, 0.3) is 0 Å². The quantitative estimate of drug-likeness (QED) is 0.111. The molecule has 0 bridgehead atoms. The van der Waals surface area contributed by atoms with Gasteiger partial charge in [0.05, 0.1) is 35.1 Å². The van der Waals surface area contributed by atoms with Gasteiger partial charge in [-0.3, -0.25) is 0 Å². The highest BCUT2D eigenvalue weighted by Crippen LogP contribution is 2.37. The number of hydrogen-bond donors (Lipinski definition) is 1. The molecule has 54 heavy (non-hydrogen) atoms. The number of aromatic nitrogens is 3. The summed E-state index contributed by atoms with van der Waals surface area (Å²) in [5.41, 5.74) is 1.75. The van der Waals surface area contributed by atoms with E-state index in [1.54, 1.807) is 18.2 Å². The lowest BCUT2D eigenvalue weighted by Crippen LogP contribution is -2.17. The zero-order valence-electron chi connectivity index (χ0n) is 28.4. The minimum Gasteiger partial charge on any atom is -0.493 e. The topological polar surface area (TPSA) is 86.5 Å². The van der Waals surface area contributed by atoms with E-state index in [0.29, 0.717) is 56.5 Å². The number of halogens is 6. The second kappa shape index (κ2) is 14.2. The van der Waals surface area contributed by atoms with E-state index in [0.717, 1.165) is 40.6 Å². The Morgan fingerprint density at radius 3 is 2.19 bits per heavy atom. The van der Waals surface area contributed by atoms with Crippen molar-refractivity contribution in [1.29, 1.82) is 0 Å². The minimum absolute atomic E-state index is 0.0312. The van der Waals surface area contributed by atoms with Crippen LogP contribution in [0.1, 0.15) is 40.5 Å². The number of hydrogen-bond acceptors (Lipinski definition) is 5. The Morgan fingerprint density at radius 1 is 0.722 bits per heavy atom. The first-order valence-electron chi connectivity index (χ1n) is 16.7. The Kier molecular flexibility index (Phi) is 9.48. The predicted octanol–water partition coefficient (Wildman–Crippen LogP) is 11.0. The van der Waals surface area contributed by atoms with Crippen LogP contribution in [-0.2, 0) is 19.0 Å². The molecule has 274 valence electrons. The second-order valence-corrected chi connectivity index (χ2v) is 12.4. The van der Waals surface area contributed by atoms with E-state index < -0.39 is 35.1 Å². The van der Waals surface area contributed by atoms with Crippen LogP contribution in [0.4, 0.5) is 26.3 Å². The molecule has 0 aliphatic carbocycles. The van der Waals surface area contributed by atoms with Crippen molar-refractivity contribution in [3.63, 3.8) is 0 Å². The molecule has 0 aliphatic rings. The largest absolute Gasteiger partial charge is 0.493 e. The van der Waals surface area contributed by atoms with Crippen LogP contribution in [0.2, 0.25) is 0 Å². The molecule has 0 saturated heterocycles. The number of rotatable bonds is 10. The van der Waals surface area contributed by atoms with Crippen LogP contribution in [0.15, 0.2) is 115 Å². The number of aromatic carboxylic acids is 1. The number of alkyl halides is 6. The number of benzene rings is 5. The van der Waals surface area contributed by atoms with Gasteiger partial charge in [0.15, 0.2) is 5.69 Å². The molecule has 1 N–H and O–H groups in total. The molecule has 0 radical (unpaired) electrons. The Morgan fingerprint density at radius 2 is 1.46 bits per heavy atom. The maximum atomic E-state index is 13.8. The lowest BCUT2D eigenvalue weighted by Gasteiger charge is -2.16. The minimum atomic E-state index is -4.95. The van der Waals surface area contributed by atoms with Crippen LogP contribution in [0, 0.1) is 0 Å². The molecule has 5 aromatic carbocycles. The summed E-state index contributed by atoms with van der Waals surface area (Å²) in [5, 5.41) is 14.3. The van der Waals surface area contributed by atoms with E-state index >= 15 is 0 Å². The summed E-state index contributed by atoms with van der Waals surface area (Å²) in [4.78, 5) is 16.2. The molecular weight excluding hydrogens is 712 g/mol. The van der Waals surface area contributed by atoms with Crippen LogP contribution < -0.4 is 9.47 Å². The summed E-state index contributed by atoms with van der Waals surface area (Å²) in [6.07, 6.45) is -7.95. The Labute approximate surface area is 304 Å². The van der Waals surface area contributed by atoms with Gasteiger partial charge in [0.2, 0.25) is 0 Å². The predicted molar refractivity (Wildman–Crippen MR) is 191 cm³/mol. The van der Waals surface area contributed by atoms with Gasteiger partial charge in [-0.05, 0) is 77.7 Å². The van der Waals surface area contributed by atoms with Crippen molar-refractivity contribution in [2.75, 3.05) is 6.61 Å². The van der Waals surface area contributed by atoms with Crippen LogP contribution >= 0.6 is 0 Å². The van der Waals surface area contributed by atoms with E-state index in [-0.39, 0.29) is 12.3 Å². The lowest BCUT2D eigenvalue weighted by molar-refractivity contribution is -0.143. The van der Waals surface area contributed by atoms with Gasteiger partial charge in [0.1, 0.15) is 23.7 Å². The smallest absolute Gasteiger partial charge is 0.434 e. The number of carboxylic acids is 1. The van der Waals surface area contributed by atoms with Crippen LogP contribution in [-0.4, -0.2) is 32.4 Å². The average Bonchev–Trinajstić information content (AvgIpc) is 3.62. The standard InChI is InChI=1S/C41H29F6N3O4/c1-2-17-53-37-21-25(24-11-13-30(14-12-24)40(42,43)44)7-10-28(37)23-54-36-6-4-3-5-32(36)26-8-9-27-18-29-19-31(15-16-34(29)49-35(27)20-26)50-38(41(45,46)47)33(22-48-50)39(51)52/h3-16,18-22H,2,17,23H2,1H3,(H,51,52). The summed E-state index contributed by atoms with van der Waals surface area (Å²) >= 11 is 0. The first kappa shape index (κ1) is 36.0. The third kappa shape index (κ3) is 7.29. The van der Waals surface area contributed by atoms with Gasteiger partial charge >= 0.3 is 18.3 Å². The maximum absolute atomic E-state index is 13.8. The van der Waals surface area contributed by atoms with Gasteiger partial charge < -0.3 is 14.6 Å². The van der Waals surface area contributed by atoms with E-state index in [2.05, 4.69) is 5.10 Å². The van der Waals surface area contributed by atoms with E-state index in [1.807, 2.05) is 61.5 Å². The summed E-state index contributed by atoms with van der Waals surface area (Å²) < 4.78 is 93.8. The SMILES string of the molecule is CCCOc1cc(-c2ccc(C(F)(F)F)cc2)ccc1COc1ccccc1-c1ccc2cc3cc(-n4ncc(C(=O)O)c4C(F)(F)F)ccc3nc2c1. The normalized spacial score (nSPS) is 12.0. The summed E-state index contributed by atoms with van der Waals surface area (Å²) in [7, 11) is 0. The number of carbonyl (C=O) groups is 1. The Bertz CT molecular complexity index is 2510. The molecule has 7 aromatic rings. The van der Waals surface area contributed by atoms with E-state index in [9.17, 15) is 36.2 Å². The fourth-order valence-corrected chi connectivity index (χ4v) is 6.13. The summed E-state index contributed by atoms with van der Waals surface area (Å²) in [6, 6.07) is 29.7. The van der Waals surface area contributed by atoms with Crippen LogP contribution in [0.3, 0.4) is 0 Å². The zero-order chi connectivity index (χ0) is 38.2. The molecule has 0 unspecified atom stereocenters. The fraction of sp³-hybridized carbons (Fsp3) is 0.146. The third-order valence-electron chi connectivity index (χ3n) is 8.76. The molecule has 0 aliphatic heterocycles. The van der Waals surface area contributed by atoms with Crippen molar-refractivity contribution in [3.05, 3.63) is 138 Å². The van der Waals surface area contributed by atoms with Gasteiger partial charge in [-0.25, -0.2) is 14.5 Å². The Balaban J connectivity index is 1.16. The van der Waals surface area contributed by atoms with Crippen molar-refractivity contribution < 1.29 is 45.7 Å². The molecule has 0 spiro atoms. The number of fused-ring (bicyclic) bond motifs is 2. The molecule has 2 heterocycles. The number of pyridine rings is 1. The van der Waals surface area contributed by atoms with E-state index in [4.69, 9.17) is 14.5 Å². The van der Waals surface area contributed by atoms with Gasteiger partial charge in [-0.15, -0.1) is 0 Å². The number of carboxylic acid groups (broad SMARTS) is 1. The first-order chi connectivity index (χ1) is 25.8. The summed E-state index contributed by atoms with van der Waals surface area (Å²) in [5.74, 6) is -0.596. The first-order valence-corrected chi connectivity index (χ1v) is 16.7. The molecule has 7 nitrogen and oxygen atoms in total.